The Balaban J connectivity index is 1.60. The number of aromatic amines is 1. The van der Waals surface area contributed by atoms with Gasteiger partial charge < -0.3 is 15.4 Å². The maximum Gasteiger partial charge on any atom is 0.162 e. The van der Waals surface area contributed by atoms with Crippen LogP contribution in [0.1, 0.15) is 5.56 Å². The number of fused-ring (bicyclic) bond motifs is 1. The molecule has 2 aromatic carbocycles. The third kappa shape index (κ3) is 3.81. The summed E-state index contributed by atoms with van der Waals surface area (Å²) in [6.45, 7) is 0.523. The van der Waals surface area contributed by atoms with Gasteiger partial charge in [0, 0.05) is 17.3 Å². The summed E-state index contributed by atoms with van der Waals surface area (Å²) in [5.74, 6) is 1.89. The van der Waals surface area contributed by atoms with Gasteiger partial charge in [-0.3, -0.25) is 5.10 Å². The van der Waals surface area contributed by atoms with Crippen LogP contribution < -0.4 is 15.4 Å². The molecule has 0 radical (unpaired) electrons. The van der Waals surface area contributed by atoms with Gasteiger partial charge in [0.25, 0.3) is 0 Å². The van der Waals surface area contributed by atoms with Crippen LogP contribution in [0.3, 0.4) is 0 Å². The van der Waals surface area contributed by atoms with Gasteiger partial charge in [0.05, 0.1) is 12.1 Å². The average molecular weight is 415 g/mol. The lowest BCUT2D eigenvalue weighted by atomic mass is 10.2. The number of ether oxygens (including phenoxy) is 1. The highest BCUT2D eigenvalue weighted by atomic mass is 35.5. The summed E-state index contributed by atoms with van der Waals surface area (Å²) in [6, 6.07) is 13.0. The summed E-state index contributed by atoms with van der Waals surface area (Å²) in [4.78, 5) is 8.59. The standard InChI is InChI=1S/C19H16Cl2N6O/c1-28-15-6-5-11(7-14(15)21)9-22-18-16-17(23-10-24-19(16)27-26-18)25-13-4-2-3-12(20)8-13/h2-8,10H,9H2,1H3,(H3,22,23,24,25,26,27). The van der Waals surface area contributed by atoms with E-state index >= 15 is 0 Å². The summed E-state index contributed by atoms with van der Waals surface area (Å²) >= 11 is 12.3. The molecular formula is C19H16Cl2N6O. The van der Waals surface area contributed by atoms with Gasteiger partial charge in [0.1, 0.15) is 23.3 Å². The minimum absolute atomic E-state index is 0.523. The lowest BCUT2D eigenvalue weighted by Gasteiger charge is -2.09. The van der Waals surface area contributed by atoms with Gasteiger partial charge in [-0.2, -0.15) is 5.10 Å². The third-order valence-corrected chi connectivity index (χ3v) is 4.65. The molecule has 28 heavy (non-hydrogen) atoms. The smallest absolute Gasteiger partial charge is 0.162 e. The molecule has 0 spiro atoms. The molecule has 4 rings (SSSR count). The van der Waals surface area contributed by atoms with E-state index in [0.29, 0.717) is 39.6 Å². The summed E-state index contributed by atoms with van der Waals surface area (Å²) in [6.07, 6.45) is 1.47. The Hall–Kier alpha value is -3.03. The van der Waals surface area contributed by atoms with Crippen LogP contribution >= 0.6 is 23.2 Å². The Morgan fingerprint density at radius 1 is 1.07 bits per heavy atom. The maximum absolute atomic E-state index is 6.20. The van der Waals surface area contributed by atoms with Gasteiger partial charge in [-0.05, 0) is 35.9 Å². The van der Waals surface area contributed by atoms with Crippen molar-refractivity contribution in [1.29, 1.82) is 0 Å². The number of H-pyrrole nitrogens is 1. The van der Waals surface area contributed by atoms with E-state index in [4.69, 9.17) is 27.9 Å². The highest BCUT2D eigenvalue weighted by Gasteiger charge is 2.13. The monoisotopic (exact) mass is 414 g/mol. The number of aromatic nitrogens is 4. The Kier molecular flexibility index (Phi) is 5.18. The van der Waals surface area contributed by atoms with Crippen LogP contribution in [0.2, 0.25) is 10.0 Å². The molecule has 0 aliphatic heterocycles. The minimum atomic E-state index is 0.523. The lowest BCUT2D eigenvalue weighted by molar-refractivity contribution is 0.415. The molecular weight excluding hydrogens is 399 g/mol. The van der Waals surface area contributed by atoms with Crippen LogP contribution in [0.25, 0.3) is 11.0 Å². The Labute approximate surface area is 171 Å². The number of hydrogen-bond acceptors (Lipinski definition) is 6. The lowest BCUT2D eigenvalue weighted by Crippen LogP contribution is -2.02. The largest absolute Gasteiger partial charge is 0.495 e. The molecule has 142 valence electrons. The minimum Gasteiger partial charge on any atom is -0.495 e. The first kappa shape index (κ1) is 18.3. The maximum atomic E-state index is 6.20. The molecule has 0 saturated heterocycles. The number of hydrogen-bond donors (Lipinski definition) is 3. The predicted molar refractivity (Wildman–Crippen MR) is 112 cm³/mol. The fourth-order valence-electron chi connectivity index (χ4n) is 2.79. The molecule has 3 N–H and O–H groups in total. The van der Waals surface area contributed by atoms with Gasteiger partial charge in [-0.1, -0.05) is 35.3 Å². The van der Waals surface area contributed by atoms with Crippen molar-refractivity contribution in [2.75, 3.05) is 17.7 Å². The van der Waals surface area contributed by atoms with Crippen molar-refractivity contribution < 1.29 is 4.74 Å². The van der Waals surface area contributed by atoms with Crippen molar-refractivity contribution in [1.82, 2.24) is 20.2 Å². The highest BCUT2D eigenvalue weighted by molar-refractivity contribution is 6.32. The van der Waals surface area contributed by atoms with E-state index in [1.807, 2.05) is 42.5 Å². The van der Waals surface area contributed by atoms with Gasteiger partial charge in [-0.25, -0.2) is 9.97 Å². The Morgan fingerprint density at radius 2 is 1.96 bits per heavy atom. The molecule has 2 heterocycles. The van der Waals surface area contributed by atoms with Crippen molar-refractivity contribution >= 4 is 51.6 Å². The molecule has 0 fully saturated rings. The SMILES string of the molecule is COc1ccc(CNc2n[nH]c3ncnc(Nc4cccc(Cl)c4)c23)cc1Cl. The topological polar surface area (TPSA) is 87.8 Å². The van der Waals surface area contributed by atoms with Crippen LogP contribution in [-0.2, 0) is 6.54 Å². The van der Waals surface area contributed by atoms with Crippen LogP contribution in [0, 0.1) is 0 Å². The molecule has 9 heteroatoms. The highest BCUT2D eigenvalue weighted by Crippen LogP contribution is 2.30. The van der Waals surface area contributed by atoms with Crippen molar-refractivity contribution in [3.05, 3.63) is 64.4 Å². The number of anilines is 3. The van der Waals surface area contributed by atoms with Crippen LogP contribution in [-0.4, -0.2) is 27.3 Å². The quantitative estimate of drug-likeness (QED) is 0.410. The van der Waals surface area contributed by atoms with E-state index in [1.54, 1.807) is 7.11 Å². The van der Waals surface area contributed by atoms with Crippen LogP contribution in [0.4, 0.5) is 17.3 Å². The number of nitrogens with one attached hydrogen (secondary N) is 3. The molecule has 0 atom stereocenters. The normalized spacial score (nSPS) is 10.8. The van der Waals surface area contributed by atoms with E-state index in [9.17, 15) is 0 Å². The second-order valence-corrected chi connectivity index (χ2v) is 6.82. The molecule has 2 aromatic heterocycles. The third-order valence-electron chi connectivity index (χ3n) is 4.12. The van der Waals surface area contributed by atoms with Gasteiger partial charge >= 0.3 is 0 Å². The molecule has 4 aromatic rings. The average Bonchev–Trinajstić information content (AvgIpc) is 3.11. The van der Waals surface area contributed by atoms with Gasteiger partial charge in [-0.15, -0.1) is 0 Å². The fraction of sp³-hybridized carbons (Fsp3) is 0.105. The molecule has 0 unspecified atom stereocenters. The zero-order chi connectivity index (χ0) is 19.5. The van der Waals surface area contributed by atoms with Gasteiger partial charge in [0.15, 0.2) is 11.5 Å². The van der Waals surface area contributed by atoms with E-state index < -0.39 is 0 Å². The zero-order valence-electron chi connectivity index (χ0n) is 14.8. The molecule has 0 aliphatic rings. The van der Waals surface area contributed by atoms with E-state index in [1.165, 1.54) is 6.33 Å². The first-order chi connectivity index (χ1) is 13.6. The zero-order valence-corrected chi connectivity index (χ0v) is 16.3. The van der Waals surface area contributed by atoms with Crippen molar-refractivity contribution in [2.24, 2.45) is 0 Å². The predicted octanol–water partition coefficient (Wildman–Crippen LogP) is 5.02. The van der Waals surface area contributed by atoms with Crippen molar-refractivity contribution in [2.45, 2.75) is 6.54 Å². The molecule has 0 amide bonds. The van der Waals surface area contributed by atoms with E-state index in [0.717, 1.165) is 16.6 Å². The van der Waals surface area contributed by atoms with Crippen molar-refractivity contribution in [3.63, 3.8) is 0 Å². The molecule has 0 saturated carbocycles. The molecule has 0 bridgehead atoms. The van der Waals surface area contributed by atoms with E-state index in [-0.39, 0.29) is 0 Å². The second kappa shape index (κ2) is 7.92. The number of rotatable bonds is 6. The summed E-state index contributed by atoms with van der Waals surface area (Å²) in [5, 5.41) is 15.7. The first-order valence-corrected chi connectivity index (χ1v) is 9.17. The van der Waals surface area contributed by atoms with Crippen LogP contribution in [0.15, 0.2) is 48.8 Å². The summed E-state index contributed by atoms with van der Waals surface area (Å²) in [7, 11) is 1.59. The number of benzene rings is 2. The van der Waals surface area contributed by atoms with Crippen molar-refractivity contribution in [3.8, 4) is 5.75 Å². The number of halogens is 2. The van der Waals surface area contributed by atoms with Crippen LogP contribution in [0.5, 0.6) is 5.75 Å². The summed E-state index contributed by atoms with van der Waals surface area (Å²) < 4.78 is 5.18. The fourth-order valence-corrected chi connectivity index (χ4v) is 3.26. The Bertz CT molecular complexity index is 1130. The molecule has 0 aliphatic carbocycles. The second-order valence-electron chi connectivity index (χ2n) is 5.98. The van der Waals surface area contributed by atoms with E-state index in [2.05, 4.69) is 30.8 Å². The number of nitrogens with zero attached hydrogens (tertiary/aromatic N) is 3. The number of methoxy groups -OCH3 is 1. The first-order valence-electron chi connectivity index (χ1n) is 8.42. The Morgan fingerprint density at radius 3 is 2.75 bits per heavy atom. The molecule has 7 nitrogen and oxygen atoms in total. The van der Waals surface area contributed by atoms with Gasteiger partial charge in [0.2, 0.25) is 0 Å². The summed E-state index contributed by atoms with van der Waals surface area (Å²) in [5.41, 5.74) is 2.43.